The Labute approximate surface area is 112 Å². The number of benzene rings is 1. The van der Waals surface area contributed by atoms with E-state index in [1.54, 1.807) is 13.2 Å². The monoisotopic (exact) mass is 262 g/mol. The van der Waals surface area contributed by atoms with E-state index in [0.29, 0.717) is 17.9 Å². The predicted molar refractivity (Wildman–Crippen MR) is 71.7 cm³/mol. The fraction of sp³-hybridized carbons (Fsp3) is 0.500. The van der Waals surface area contributed by atoms with Crippen molar-refractivity contribution < 1.29 is 14.3 Å². The van der Waals surface area contributed by atoms with Crippen LogP contribution in [0.15, 0.2) is 18.2 Å². The van der Waals surface area contributed by atoms with Crippen LogP contribution in [0.2, 0.25) is 0 Å². The average Bonchev–Trinajstić information content (AvgIpc) is 2.41. The van der Waals surface area contributed by atoms with E-state index in [2.05, 4.69) is 10.6 Å². The fourth-order valence-corrected chi connectivity index (χ4v) is 2.49. The lowest BCUT2D eigenvalue weighted by Gasteiger charge is -2.34. The number of hydrogen-bond acceptors (Lipinski definition) is 4. The summed E-state index contributed by atoms with van der Waals surface area (Å²) >= 11 is 0. The zero-order valence-corrected chi connectivity index (χ0v) is 10.9. The van der Waals surface area contributed by atoms with Gasteiger partial charge in [0.1, 0.15) is 6.61 Å². The maximum absolute atomic E-state index is 12.3. The third-order valence-corrected chi connectivity index (χ3v) is 3.69. The number of carbonyl (C=O) groups is 1. The summed E-state index contributed by atoms with van der Waals surface area (Å²) in [4.78, 5) is 12.3. The third-order valence-electron chi connectivity index (χ3n) is 3.69. The van der Waals surface area contributed by atoms with Crippen LogP contribution in [-0.2, 0) is 4.74 Å². The Morgan fingerprint density at radius 3 is 3.11 bits per heavy atom. The van der Waals surface area contributed by atoms with Gasteiger partial charge in [0.2, 0.25) is 0 Å². The molecule has 1 aliphatic heterocycles. The molecule has 0 saturated heterocycles. The standard InChI is InChI=1S/C14H18N2O3/c1-18-10-7-9(8-10)16-14(17)11-3-2-4-12-13(11)19-6-5-15-12/h2-4,9-10,15H,5-8H2,1H3,(H,16,17). The van der Waals surface area contributed by atoms with E-state index in [1.807, 2.05) is 12.1 Å². The second-order valence-electron chi connectivity index (χ2n) is 4.96. The van der Waals surface area contributed by atoms with E-state index >= 15 is 0 Å². The Balaban J connectivity index is 1.70. The van der Waals surface area contributed by atoms with Crippen molar-refractivity contribution in [3.63, 3.8) is 0 Å². The van der Waals surface area contributed by atoms with Gasteiger partial charge in [-0.25, -0.2) is 0 Å². The first-order valence-electron chi connectivity index (χ1n) is 6.61. The highest BCUT2D eigenvalue weighted by Crippen LogP contribution is 2.31. The molecule has 1 saturated carbocycles. The highest BCUT2D eigenvalue weighted by atomic mass is 16.5. The number of hydrogen-bond donors (Lipinski definition) is 2. The van der Waals surface area contributed by atoms with Crippen molar-refractivity contribution in [1.82, 2.24) is 5.32 Å². The van der Waals surface area contributed by atoms with Crippen LogP contribution in [0.3, 0.4) is 0 Å². The van der Waals surface area contributed by atoms with Crippen LogP contribution in [0.25, 0.3) is 0 Å². The van der Waals surface area contributed by atoms with E-state index < -0.39 is 0 Å². The minimum Gasteiger partial charge on any atom is -0.489 e. The molecule has 0 bridgehead atoms. The highest BCUT2D eigenvalue weighted by molar-refractivity contribution is 5.99. The van der Waals surface area contributed by atoms with E-state index in [-0.39, 0.29) is 18.1 Å². The number of methoxy groups -OCH3 is 1. The first-order valence-corrected chi connectivity index (χ1v) is 6.61. The molecule has 1 amide bonds. The molecule has 2 aliphatic rings. The first kappa shape index (κ1) is 12.3. The van der Waals surface area contributed by atoms with Crippen LogP contribution >= 0.6 is 0 Å². The molecule has 3 rings (SSSR count). The lowest BCUT2D eigenvalue weighted by molar-refractivity contribution is 0.0176. The van der Waals surface area contributed by atoms with Crippen molar-refractivity contribution in [1.29, 1.82) is 0 Å². The number of amides is 1. The van der Waals surface area contributed by atoms with Gasteiger partial charge < -0.3 is 20.1 Å². The molecule has 0 unspecified atom stereocenters. The summed E-state index contributed by atoms with van der Waals surface area (Å²) in [5.74, 6) is 0.592. The van der Waals surface area contributed by atoms with Crippen molar-refractivity contribution in [2.75, 3.05) is 25.6 Å². The molecular weight excluding hydrogens is 244 g/mol. The molecule has 19 heavy (non-hydrogen) atoms. The summed E-state index contributed by atoms with van der Waals surface area (Å²) in [7, 11) is 1.70. The van der Waals surface area contributed by atoms with Gasteiger partial charge in [0, 0.05) is 19.7 Å². The number of nitrogens with one attached hydrogen (secondary N) is 2. The average molecular weight is 262 g/mol. The molecular formula is C14H18N2O3. The molecule has 1 aromatic rings. The van der Waals surface area contributed by atoms with Crippen molar-refractivity contribution in [3.8, 4) is 5.75 Å². The Morgan fingerprint density at radius 1 is 1.47 bits per heavy atom. The zero-order chi connectivity index (χ0) is 13.2. The van der Waals surface area contributed by atoms with E-state index in [1.165, 1.54) is 0 Å². The molecule has 0 aromatic heterocycles. The maximum Gasteiger partial charge on any atom is 0.255 e. The SMILES string of the molecule is COC1CC(NC(=O)c2cccc3c2OCCN3)C1. The number of anilines is 1. The molecule has 1 aromatic carbocycles. The fourth-order valence-electron chi connectivity index (χ4n) is 2.49. The number of para-hydroxylation sites is 1. The van der Waals surface area contributed by atoms with Crippen molar-refractivity contribution in [2.45, 2.75) is 25.0 Å². The Kier molecular flexibility index (Phi) is 3.29. The number of rotatable bonds is 3. The molecule has 0 spiro atoms. The first-order chi connectivity index (χ1) is 9.28. The molecule has 102 valence electrons. The molecule has 0 atom stereocenters. The van der Waals surface area contributed by atoms with E-state index in [4.69, 9.17) is 9.47 Å². The van der Waals surface area contributed by atoms with Crippen molar-refractivity contribution >= 4 is 11.6 Å². The third kappa shape index (κ3) is 2.38. The minimum absolute atomic E-state index is 0.0693. The lowest BCUT2D eigenvalue weighted by Crippen LogP contribution is -2.47. The van der Waals surface area contributed by atoms with Crippen LogP contribution in [0, 0.1) is 0 Å². The topological polar surface area (TPSA) is 59.6 Å². The summed E-state index contributed by atoms with van der Waals surface area (Å²) in [5, 5.41) is 6.25. The molecule has 5 nitrogen and oxygen atoms in total. The largest absolute Gasteiger partial charge is 0.489 e. The van der Waals surface area contributed by atoms with E-state index in [9.17, 15) is 4.79 Å². The van der Waals surface area contributed by atoms with Gasteiger partial charge >= 0.3 is 0 Å². The summed E-state index contributed by atoms with van der Waals surface area (Å²) in [6.45, 7) is 1.36. The molecule has 0 radical (unpaired) electrons. The van der Waals surface area contributed by atoms with Crippen molar-refractivity contribution in [3.05, 3.63) is 23.8 Å². The number of carbonyl (C=O) groups excluding carboxylic acids is 1. The Bertz CT molecular complexity index is 484. The summed E-state index contributed by atoms with van der Waals surface area (Å²) in [5.41, 5.74) is 1.49. The predicted octanol–water partition coefficient (Wildman–Crippen LogP) is 1.40. The van der Waals surface area contributed by atoms with Crippen molar-refractivity contribution in [2.24, 2.45) is 0 Å². The van der Waals surface area contributed by atoms with Crippen LogP contribution < -0.4 is 15.4 Å². The van der Waals surface area contributed by atoms with E-state index in [0.717, 1.165) is 25.1 Å². The van der Waals surface area contributed by atoms with Gasteiger partial charge in [-0.1, -0.05) is 6.07 Å². The van der Waals surface area contributed by atoms with Gasteiger partial charge in [-0.3, -0.25) is 4.79 Å². The molecule has 2 N–H and O–H groups in total. The lowest BCUT2D eigenvalue weighted by atomic mass is 9.89. The molecule has 5 heteroatoms. The zero-order valence-electron chi connectivity index (χ0n) is 10.9. The normalized spacial score (nSPS) is 24.5. The molecule has 1 fully saturated rings. The van der Waals surface area contributed by atoms with Gasteiger partial charge in [-0.2, -0.15) is 0 Å². The smallest absolute Gasteiger partial charge is 0.255 e. The summed E-state index contributed by atoms with van der Waals surface area (Å²) < 4.78 is 10.8. The van der Waals surface area contributed by atoms with Gasteiger partial charge in [-0.15, -0.1) is 0 Å². The second kappa shape index (κ2) is 5.09. The van der Waals surface area contributed by atoms with Crippen LogP contribution in [0.4, 0.5) is 5.69 Å². The van der Waals surface area contributed by atoms with Gasteiger partial charge in [0.15, 0.2) is 5.75 Å². The second-order valence-corrected chi connectivity index (χ2v) is 4.96. The summed E-state index contributed by atoms with van der Waals surface area (Å²) in [6, 6.07) is 5.81. The van der Waals surface area contributed by atoms with Gasteiger partial charge in [0.25, 0.3) is 5.91 Å². The van der Waals surface area contributed by atoms with Crippen LogP contribution in [-0.4, -0.2) is 38.3 Å². The highest BCUT2D eigenvalue weighted by Gasteiger charge is 2.31. The van der Waals surface area contributed by atoms with Crippen LogP contribution in [0.5, 0.6) is 5.75 Å². The van der Waals surface area contributed by atoms with Gasteiger partial charge in [0.05, 0.1) is 17.4 Å². The summed E-state index contributed by atoms with van der Waals surface area (Å²) in [6.07, 6.45) is 2.06. The quantitative estimate of drug-likeness (QED) is 0.864. The Morgan fingerprint density at radius 2 is 2.32 bits per heavy atom. The number of ether oxygens (including phenoxy) is 2. The maximum atomic E-state index is 12.3. The molecule has 1 heterocycles. The minimum atomic E-state index is -0.0693. The Hall–Kier alpha value is -1.75. The van der Waals surface area contributed by atoms with Gasteiger partial charge in [-0.05, 0) is 25.0 Å². The molecule has 1 aliphatic carbocycles. The number of fused-ring (bicyclic) bond motifs is 1. The van der Waals surface area contributed by atoms with Crippen LogP contribution in [0.1, 0.15) is 23.2 Å².